The Labute approximate surface area is 123 Å². The number of aliphatic hydroxyl groups is 1. The zero-order valence-corrected chi connectivity index (χ0v) is 11.8. The number of benzene rings is 2. The minimum absolute atomic E-state index is 0.0274. The molecule has 2 aromatic carbocycles. The highest BCUT2D eigenvalue weighted by Crippen LogP contribution is 2.31. The van der Waals surface area contributed by atoms with Gasteiger partial charge in [-0.25, -0.2) is 0 Å². The van der Waals surface area contributed by atoms with E-state index in [2.05, 4.69) is 5.32 Å². The number of amides is 1. The van der Waals surface area contributed by atoms with Crippen LogP contribution in [0.5, 0.6) is 11.5 Å². The fourth-order valence-electron chi connectivity index (χ4n) is 2.47. The second-order valence-corrected chi connectivity index (χ2v) is 5.23. The normalized spacial score (nSPS) is 13.5. The fourth-order valence-corrected chi connectivity index (χ4v) is 2.47. The van der Waals surface area contributed by atoms with Crippen molar-refractivity contribution >= 4 is 11.6 Å². The van der Waals surface area contributed by atoms with E-state index in [9.17, 15) is 4.79 Å². The van der Waals surface area contributed by atoms with Gasteiger partial charge in [-0.05, 0) is 54.3 Å². The Morgan fingerprint density at radius 1 is 1.19 bits per heavy atom. The maximum Gasteiger partial charge on any atom is 0.224 e. The van der Waals surface area contributed by atoms with E-state index in [0.717, 1.165) is 40.3 Å². The van der Waals surface area contributed by atoms with Gasteiger partial charge in [0.05, 0.1) is 6.61 Å². The van der Waals surface area contributed by atoms with Gasteiger partial charge in [0, 0.05) is 12.1 Å². The van der Waals surface area contributed by atoms with Crippen molar-refractivity contribution in [1.29, 1.82) is 0 Å². The van der Waals surface area contributed by atoms with Crippen LogP contribution in [0.2, 0.25) is 0 Å². The van der Waals surface area contributed by atoms with Gasteiger partial charge >= 0.3 is 0 Å². The van der Waals surface area contributed by atoms with Crippen molar-refractivity contribution in [2.24, 2.45) is 0 Å². The summed E-state index contributed by atoms with van der Waals surface area (Å²) in [5.41, 5.74) is 3.81. The van der Waals surface area contributed by atoms with Crippen molar-refractivity contribution in [2.75, 3.05) is 5.32 Å². The second-order valence-electron chi connectivity index (χ2n) is 5.23. The number of fused-ring (bicyclic) bond motifs is 1. The first-order valence-corrected chi connectivity index (χ1v) is 6.97. The third-order valence-corrected chi connectivity index (χ3v) is 3.62. The Bertz CT molecular complexity index is 694. The van der Waals surface area contributed by atoms with E-state index in [0.29, 0.717) is 6.42 Å². The largest absolute Gasteiger partial charge is 0.457 e. The number of rotatable bonds is 3. The molecule has 0 saturated carbocycles. The van der Waals surface area contributed by atoms with Crippen LogP contribution in [-0.2, 0) is 17.8 Å². The Morgan fingerprint density at radius 3 is 2.81 bits per heavy atom. The number of hydrogen-bond acceptors (Lipinski definition) is 3. The lowest BCUT2D eigenvalue weighted by Gasteiger charge is -2.18. The topological polar surface area (TPSA) is 58.6 Å². The predicted octanol–water partition coefficient (Wildman–Crippen LogP) is 3.16. The summed E-state index contributed by atoms with van der Waals surface area (Å²) in [6.07, 6.45) is 1.25. The van der Waals surface area contributed by atoms with Crippen LogP contribution in [0.25, 0.3) is 0 Å². The molecule has 108 valence electrons. The first kappa shape index (κ1) is 13.6. The number of hydrogen-bond donors (Lipinski definition) is 2. The molecular weight excluding hydrogens is 266 g/mol. The molecule has 4 heteroatoms. The van der Waals surface area contributed by atoms with Gasteiger partial charge in [-0.2, -0.15) is 0 Å². The van der Waals surface area contributed by atoms with E-state index >= 15 is 0 Å². The minimum atomic E-state index is 0.0274. The van der Waals surface area contributed by atoms with E-state index in [1.54, 1.807) is 0 Å². The molecule has 0 aliphatic carbocycles. The minimum Gasteiger partial charge on any atom is -0.457 e. The van der Waals surface area contributed by atoms with Gasteiger partial charge in [0.1, 0.15) is 11.5 Å². The molecule has 1 amide bonds. The van der Waals surface area contributed by atoms with E-state index in [-0.39, 0.29) is 12.5 Å². The van der Waals surface area contributed by atoms with Crippen LogP contribution in [-0.4, -0.2) is 11.0 Å². The third-order valence-electron chi connectivity index (χ3n) is 3.62. The smallest absolute Gasteiger partial charge is 0.224 e. The van der Waals surface area contributed by atoms with Gasteiger partial charge < -0.3 is 15.2 Å². The quantitative estimate of drug-likeness (QED) is 0.909. The highest BCUT2D eigenvalue weighted by molar-refractivity contribution is 5.94. The van der Waals surface area contributed by atoms with Gasteiger partial charge in [-0.15, -0.1) is 0 Å². The average molecular weight is 283 g/mol. The fraction of sp³-hybridized carbons (Fsp3) is 0.235. The predicted molar refractivity (Wildman–Crippen MR) is 80.6 cm³/mol. The van der Waals surface area contributed by atoms with E-state index in [1.807, 2.05) is 43.3 Å². The summed E-state index contributed by atoms with van der Waals surface area (Å²) in [7, 11) is 0. The van der Waals surface area contributed by atoms with Crippen molar-refractivity contribution in [1.82, 2.24) is 0 Å². The number of carbonyl (C=O) groups excluding carboxylic acids is 1. The molecule has 0 aromatic heterocycles. The van der Waals surface area contributed by atoms with Gasteiger partial charge in [-0.3, -0.25) is 4.79 Å². The third kappa shape index (κ3) is 2.90. The zero-order valence-electron chi connectivity index (χ0n) is 11.8. The first-order chi connectivity index (χ1) is 10.2. The van der Waals surface area contributed by atoms with Crippen molar-refractivity contribution < 1.29 is 14.6 Å². The number of aliphatic hydroxyl groups excluding tert-OH is 1. The molecule has 2 aromatic rings. The molecule has 1 aliphatic rings. The SMILES string of the molecule is Cc1cc(CO)ccc1Oc1ccc2c(c1)CCC(=O)N2. The lowest BCUT2D eigenvalue weighted by atomic mass is 10.0. The van der Waals surface area contributed by atoms with Crippen molar-refractivity contribution in [3.8, 4) is 11.5 Å². The Morgan fingerprint density at radius 2 is 2.05 bits per heavy atom. The van der Waals surface area contributed by atoms with Crippen LogP contribution >= 0.6 is 0 Å². The van der Waals surface area contributed by atoms with Gasteiger partial charge in [-0.1, -0.05) is 12.1 Å². The summed E-state index contributed by atoms with van der Waals surface area (Å²) in [5, 5.41) is 12.0. The van der Waals surface area contributed by atoms with Crippen molar-refractivity contribution in [3.63, 3.8) is 0 Å². The summed E-state index contributed by atoms with van der Waals surface area (Å²) in [6, 6.07) is 11.3. The molecule has 0 atom stereocenters. The highest BCUT2D eigenvalue weighted by Gasteiger charge is 2.15. The monoisotopic (exact) mass is 283 g/mol. The lowest BCUT2D eigenvalue weighted by molar-refractivity contribution is -0.116. The Balaban J connectivity index is 1.84. The second kappa shape index (κ2) is 5.58. The van der Waals surface area contributed by atoms with Crippen LogP contribution in [0.1, 0.15) is 23.1 Å². The number of aryl methyl sites for hydroxylation is 2. The Hall–Kier alpha value is -2.33. The molecule has 21 heavy (non-hydrogen) atoms. The summed E-state index contributed by atoms with van der Waals surface area (Å²) in [4.78, 5) is 11.3. The molecule has 0 unspecified atom stereocenters. The number of ether oxygens (including phenoxy) is 1. The molecule has 1 heterocycles. The first-order valence-electron chi connectivity index (χ1n) is 6.97. The highest BCUT2D eigenvalue weighted by atomic mass is 16.5. The number of nitrogens with one attached hydrogen (secondary N) is 1. The maximum atomic E-state index is 11.3. The lowest BCUT2D eigenvalue weighted by Crippen LogP contribution is -2.18. The molecule has 1 aliphatic heterocycles. The summed E-state index contributed by atoms with van der Waals surface area (Å²) < 4.78 is 5.91. The molecule has 0 bridgehead atoms. The van der Waals surface area contributed by atoms with Crippen LogP contribution in [0, 0.1) is 6.92 Å². The number of carbonyl (C=O) groups is 1. The molecule has 0 radical (unpaired) electrons. The molecule has 0 saturated heterocycles. The van der Waals surface area contributed by atoms with Crippen LogP contribution in [0.3, 0.4) is 0 Å². The van der Waals surface area contributed by atoms with E-state index in [4.69, 9.17) is 9.84 Å². The van der Waals surface area contributed by atoms with Gasteiger partial charge in [0.25, 0.3) is 0 Å². The summed E-state index contributed by atoms with van der Waals surface area (Å²) in [6.45, 7) is 1.98. The van der Waals surface area contributed by atoms with E-state index < -0.39 is 0 Å². The molecular formula is C17H17NO3. The molecule has 4 nitrogen and oxygen atoms in total. The zero-order chi connectivity index (χ0) is 14.8. The Kier molecular flexibility index (Phi) is 3.62. The van der Waals surface area contributed by atoms with Crippen LogP contribution in [0.4, 0.5) is 5.69 Å². The maximum absolute atomic E-state index is 11.3. The number of anilines is 1. The van der Waals surface area contributed by atoms with Crippen LogP contribution < -0.4 is 10.1 Å². The molecule has 2 N–H and O–H groups in total. The van der Waals surface area contributed by atoms with E-state index in [1.165, 1.54) is 0 Å². The van der Waals surface area contributed by atoms with Crippen molar-refractivity contribution in [3.05, 3.63) is 53.1 Å². The summed E-state index contributed by atoms with van der Waals surface area (Å²) >= 11 is 0. The van der Waals surface area contributed by atoms with Gasteiger partial charge in [0.15, 0.2) is 0 Å². The van der Waals surface area contributed by atoms with Crippen molar-refractivity contribution in [2.45, 2.75) is 26.4 Å². The molecule has 0 spiro atoms. The standard InChI is InChI=1S/C17H17NO3/c1-11-8-12(10-19)2-6-16(11)21-14-4-5-15-13(9-14)3-7-17(20)18-15/h2,4-6,8-9,19H,3,7,10H2,1H3,(H,18,20). The average Bonchev–Trinajstić information content (AvgIpc) is 2.49. The van der Waals surface area contributed by atoms with Crippen LogP contribution in [0.15, 0.2) is 36.4 Å². The van der Waals surface area contributed by atoms with Gasteiger partial charge in [0.2, 0.25) is 5.91 Å². The summed E-state index contributed by atoms with van der Waals surface area (Å²) in [5.74, 6) is 1.59. The molecule has 3 rings (SSSR count). The molecule has 0 fully saturated rings.